The summed E-state index contributed by atoms with van der Waals surface area (Å²) in [5.41, 5.74) is 0.987. The molecule has 0 radical (unpaired) electrons. The van der Waals surface area contributed by atoms with Crippen molar-refractivity contribution in [1.82, 2.24) is 10.6 Å². The number of ether oxygens (including phenoxy) is 2. The molecule has 0 aliphatic carbocycles. The van der Waals surface area contributed by atoms with Crippen molar-refractivity contribution in [2.45, 2.75) is 19.9 Å². The minimum absolute atomic E-state index is 0.162. The standard InChI is InChI=1S/C16H27N3O4S/c1-5-17-16(18-9-6-10-24(4,20)21)19-12-13-7-8-14(22-2)15(11-13)23-3/h7-8,11H,5-6,9-10,12H2,1-4H3,(H2,17,18,19). The van der Waals surface area contributed by atoms with Crippen molar-refractivity contribution in [2.24, 2.45) is 4.99 Å². The number of benzene rings is 1. The summed E-state index contributed by atoms with van der Waals surface area (Å²) < 4.78 is 32.8. The van der Waals surface area contributed by atoms with Crippen molar-refractivity contribution in [3.63, 3.8) is 0 Å². The lowest BCUT2D eigenvalue weighted by molar-refractivity contribution is 0.354. The number of rotatable bonds is 9. The van der Waals surface area contributed by atoms with Crippen LogP contribution in [0.2, 0.25) is 0 Å². The van der Waals surface area contributed by atoms with Gasteiger partial charge >= 0.3 is 0 Å². The first-order valence-corrected chi connectivity index (χ1v) is 9.86. The molecule has 8 heteroatoms. The topological polar surface area (TPSA) is 89.0 Å². The Balaban J connectivity index is 2.65. The van der Waals surface area contributed by atoms with E-state index in [-0.39, 0.29) is 5.75 Å². The summed E-state index contributed by atoms with van der Waals surface area (Å²) in [6.45, 7) is 3.72. The lowest BCUT2D eigenvalue weighted by atomic mass is 10.2. The minimum Gasteiger partial charge on any atom is -0.493 e. The molecule has 0 saturated heterocycles. The molecule has 2 N–H and O–H groups in total. The van der Waals surface area contributed by atoms with Crippen molar-refractivity contribution in [1.29, 1.82) is 0 Å². The molecule has 0 heterocycles. The molecular formula is C16H27N3O4S. The average molecular weight is 357 g/mol. The molecule has 0 aliphatic rings. The van der Waals surface area contributed by atoms with E-state index in [4.69, 9.17) is 9.47 Å². The first-order valence-electron chi connectivity index (χ1n) is 7.80. The van der Waals surface area contributed by atoms with E-state index in [0.29, 0.717) is 37.0 Å². The number of aliphatic imine (C=N–C) groups is 1. The van der Waals surface area contributed by atoms with Crippen LogP contribution in [0.4, 0.5) is 0 Å². The summed E-state index contributed by atoms with van der Waals surface area (Å²) in [7, 11) is 0.262. The number of methoxy groups -OCH3 is 2. The molecule has 24 heavy (non-hydrogen) atoms. The summed E-state index contributed by atoms with van der Waals surface area (Å²) >= 11 is 0. The van der Waals surface area contributed by atoms with Crippen LogP contribution in [0.25, 0.3) is 0 Å². The quantitative estimate of drug-likeness (QED) is 0.392. The molecule has 7 nitrogen and oxygen atoms in total. The predicted octanol–water partition coefficient (Wildman–Crippen LogP) is 1.19. The van der Waals surface area contributed by atoms with Gasteiger partial charge in [-0.3, -0.25) is 0 Å². The molecule has 0 amide bonds. The van der Waals surface area contributed by atoms with Crippen LogP contribution in [0.1, 0.15) is 18.9 Å². The van der Waals surface area contributed by atoms with Crippen LogP contribution in [0.5, 0.6) is 11.5 Å². The Morgan fingerprint density at radius 2 is 1.88 bits per heavy atom. The molecular weight excluding hydrogens is 330 g/mol. The number of hydrogen-bond donors (Lipinski definition) is 2. The van der Waals surface area contributed by atoms with Gasteiger partial charge in [0.15, 0.2) is 17.5 Å². The third-order valence-corrected chi connectivity index (χ3v) is 4.23. The third-order valence-electron chi connectivity index (χ3n) is 3.20. The maximum atomic E-state index is 11.1. The van der Waals surface area contributed by atoms with E-state index in [9.17, 15) is 8.42 Å². The second-order valence-electron chi connectivity index (χ2n) is 5.29. The van der Waals surface area contributed by atoms with Crippen molar-refractivity contribution in [2.75, 3.05) is 39.3 Å². The van der Waals surface area contributed by atoms with Crippen LogP contribution < -0.4 is 20.1 Å². The Bertz CT molecular complexity index is 645. The first-order chi connectivity index (χ1) is 11.4. The number of nitrogens with one attached hydrogen (secondary N) is 2. The van der Waals surface area contributed by atoms with Crippen molar-refractivity contribution in [3.8, 4) is 11.5 Å². The fourth-order valence-electron chi connectivity index (χ4n) is 2.03. The van der Waals surface area contributed by atoms with E-state index in [2.05, 4.69) is 15.6 Å². The SMILES string of the molecule is CCNC(=NCc1ccc(OC)c(OC)c1)NCCCS(C)(=O)=O. The van der Waals surface area contributed by atoms with Crippen LogP contribution >= 0.6 is 0 Å². The Kier molecular flexibility index (Phi) is 8.39. The van der Waals surface area contributed by atoms with Crippen molar-refractivity contribution < 1.29 is 17.9 Å². The van der Waals surface area contributed by atoms with E-state index in [1.165, 1.54) is 6.26 Å². The summed E-state index contributed by atoms with van der Waals surface area (Å²) in [6, 6.07) is 5.66. The molecule has 1 rings (SSSR count). The lowest BCUT2D eigenvalue weighted by Crippen LogP contribution is -2.38. The molecule has 0 bridgehead atoms. The highest BCUT2D eigenvalue weighted by Crippen LogP contribution is 2.27. The number of nitrogens with zero attached hydrogens (tertiary/aromatic N) is 1. The zero-order valence-electron chi connectivity index (χ0n) is 14.8. The molecule has 0 saturated carbocycles. The normalized spacial score (nSPS) is 11.9. The Morgan fingerprint density at radius 1 is 1.17 bits per heavy atom. The highest BCUT2D eigenvalue weighted by Gasteiger charge is 2.05. The minimum atomic E-state index is -2.93. The zero-order chi connectivity index (χ0) is 18.0. The molecule has 1 aromatic carbocycles. The molecule has 0 aromatic heterocycles. The van der Waals surface area contributed by atoms with Gasteiger partial charge in [0.25, 0.3) is 0 Å². The van der Waals surface area contributed by atoms with Gasteiger partial charge in [-0.15, -0.1) is 0 Å². The van der Waals surface area contributed by atoms with E-state index in [0.717, 1.165) is 12.1 Å². The second kappa shape index (κ2) is 10.0. The van der Waals surface area contributed by atoms with Gasteiger partial charge in [0.1, 0.15) is 9.84 Å². The summed E-state index contributed by atoms with van der Waals surface area (Å²) in [4.78, 5) is 4.50. The molecule has 0 fully saturated rings. The van der Waals surface area contributed by atoms with Gasteiger partial charge in [0.2, 0.25) is 0 Å². The van der Waals surface area contributed by atoms with Gasteiger partial charge in [-0.25, -0.2) is 13.4 Å². The Morgan fingerprint density at radius 3 is 2.46 bits per heavy atom. The lowest BCUT2D eigenvalue weighted by Gasteiger charge is -2.12. The monoisotopic (exact) mass is 357 g/mol. The van der Waals surface area contributed by atoms with Gasteiger partial charge in [-0.1, -0.05) is 6.07 Å². The maximum absolute atomic E-state index is 11.1. The largest absolute Gasteiger partial charge is 0.493 e. The highest BCUT2D eigenvalue weighted by atomic mass is 32.2. The van der Waals surface area contributed by atoms with Crippen LogP contribution in [-0.4, -0.2) is 53.7 Å². The fourth-order valence-corrected chi connectivity index (χ4v) is 2.70. The number of hydrogen-bond acceptors (Lipinski definition) is 5. The molecule has 1 aromatic rings. The fraction of sp³-hybridized carbons (Fsp3) is 0.562. The van der Waals surface area contributed by atoms with Crippen LogP contribution in [-0.2, 0) is 16.4 Å². The van der Waals surface area contributed by atoms with Crippen molar-refractivity contribution >= 4 is 15.8 Å². The van der Waals surface area contributed by atoms with Crippen LogP contribution in [0.3, 0.4) is 0 Å². The Hall–Kier alpha value is -1.96. The number of sulfone groups is 1. The van der Waals surface area contributed by atoms with Crippen LogP contribution in [0.15, 0.2) is 23.2 Å². The third kappa shape index (κ3) is 7.54. The van der Waals surface area contributed by atoms with Gasteiger partial charge in [0.05, 0.1) is 26.5 Å². The molecule has 0 unspecified atom stereocenters. The zero-order valence-corrected chi connectivity index (χ0v) is 15.6. The van der Waals surface area contributed by atoms with E-state index in [1.807, 2.05) is 25.1 Å². The van der Waals surface area contributed by atoms with E-state index in [1.54, 1.807) is 14.2 Å². The Labute approximate surface area is 144 Å². The van der Waals surface area contributed by atoms with Gasteiger partial charge in [-0.05, 0) is 31.0 Å². The smallest absolute Gasteiger partial charge is 0.191 e. The van der Waals surface area contributed by atoms with Crippen LogP contribution in [0, 0.1) is 0 Å². The van der Waals surface area contributed by atoms with E-state index >= 15 is 0 Å². The van der Waals surface area contributed by atoms with Gasteiger partial charge in [-0.2, -0.15) is 0 Å². The predicted molar refractivity (Wildman–Crippen MR) is 96.7 cm³/mol. The number of guanidine groups is 1. The summed E-state index contributed by atoms with van der Waals surface area (Å²) in [6.07, 6.45) is 1.78. The van der Waals surface area contributed by atoms with E-state index < -0.39 is 9.84 Å². The molecule has 136 valence electrons. The van der Waals surface area contributed by atoms with Gasteiger partial charge in [0, 0.05) is 19.3 Å². The second-order valence-corrected chi connectivity index (χ2v) is 7.55. The molecule has 0 atom stereocenters. The molecule has 0 spiro atoms. The van der Waals surface area contributed by atoms with Crippen molar-refractivity contribution in [3.05, 3.63) is 23.8 Å². The maximum Gasteiger partial charge on any atom is 0.191 e. The average Bonchev–Trinajstić information content (AvgIpc) is 2.55. The molecule has 0 aliphatic heterocycles. The summed E-state index contributed by atoms with van der Waals surface area (Å²) in [5, 5.41) is 6.27. The first kappa shape index (κ1) is 20.1. The highest BCUT2D eigenvalue weighted by molar-refractivity contribution is 7.90. The summed E-state index contributed by atoms with van der Waals surface area (Å²) in [5.74, 6) is 2.16. The van der Waals surface area contributed by atoms with Gasteiger partial charge < -0.3 is 20.1 Å².